The molecule has 1 atom stereocenters. The van der Waals surface area contributed by atoms with Crippen molar-refractivity contribution in [1.82, 2.24) is 20.2 Å². The van der Waals surface area contributed by atoms with Crippen molar-refractivity contribution in [3.8, 4) is 0 Å². The van der Waals surface area contributed by atoms with E-state index in [1.54, 1.807) is 13.4 Å². The van der Waals surface area contributed by atoms with Gasteiger partial charge in [-0.1, -0.05) is 0 Å². The minimum absolute atomic E-state index is 0.0141. The Labute approximate surface area is 88.9 Å². The highest BCUT2D eigenvalue weighted by Gasteiger charge is 2.20. The highest BCUT2D eigenvalue weighted by molar-refractivity contribution is 5.75. The van der Waals surface area contributed by atoms with Gasteiger partial charge in [0.05, 0.1) is 6.33 Å². The lowest BCUT2D eigenvalue weighted by Gasteiger charge is -2.11. The number of carbonyl (C=O) groups excluding carboxylic acids is 1. The van der Waals surface area contributed by atoms with Gasteiger partial charge in [0.1, 0.15) is 6.54 Å². The van der Waals surface area contributed by atoms with E-state index in [4.69, 9.17) is 0 Å². The molecule has 0 bridgehead atoms. The van der Waals surface area contributed by atoms with Crippen LogP contribution < -0.4 is 10.6 Å². The summed E-state index contributed by atoms with van der Waals surface area (Å²) in [6.45, 7) is 2.40. The fraction of sp³-hybridized carbons (Fsp3) is 0.600. The van der Waals surface area contributed by atoms with E-state index in [1.807, 2.05) is 10.8 Å². The molecule has 0 aromatic carbocycles. The topological polar surface area (TPSA) is 59.0 Å². The summed E-state index contributed by atoms with van der Waals surface area (Å²) in [6.07, 6.45) is 4.71. The largest absolute Gasteiger partial charge is 0.358 e. The Bertz CT molecular complexity index is 341. The standard InChI is InChI=1S/C10H16N4O/c1-11-10(15)6-14-7-13-5-9(14)8-2-3-12-4-8/h5,7-8,12H,2-4,6H2,1H3,(H,11,15). The van der Waals surface area contributed by atoms with Crippen LogP contribution in [0, 0.1) is 0 Å². The van der Waals surface area contributed by atoms with Crippen LogP contribution in [0.2, 0.25) is 0 Å². The van der Waals surface area contributed by atoms with E-state index in [-0.39, 0.29) is 5.91 Å². The smallest absolute Gasteiger partial charge is 0.239 e. The molecule has 1 aromatic rings. The van der Waals surface area contributed by atoms with Crippen molar-refractivity contribution in [2.75, 3.05) is 20.1 Å². The Morgan fingerprint density at radius 2 is 2.67 bits per heavy atom. The number of amides is 1. The first-order chi connectivity index (χ1) is 7.31. The Morgan fingerprint density at radius 3 is 3.33 bits per heavy atom. The second-order valence-electron chi connectivity index (χ2n) is 3.81. The molecule has 0 radical (unpaired) electrons. The van der Waals surface area contributed by atoms with E-state index < -0.39 is 0 Å². The first-order valence-electron chi connectivity index (χ1n) is 5.22. The number of carbonyl (C=O) groups is 1. The molecule has 1 aliphatic rings. The van der Waals surface area contributed by atoms with Crippen molar-refractivity contribution < 1.29 is 4.79 Å². The van der Waals surface area contributed by atoms with Crippen LogP contribution in [-0.4, -0.2) is 35.6 Å². The summed E-state index contributed by atoms with van der Waals surface area (Å²) in [5, 5.41) is 5.93. The van der Waals surface area contributed by atoms with E-state index in [9.17, 15) is 4.79 Å². The van der Waals surface area contributed by atoms with Gasteiger partial charge in [-0.15, -0.1) is 0 Å². The molecule has 1 fully saturated rings. The van der Waals surface area contributed by atoms with Gasteiger partial charge in [0, 0.05) is 31.4 Å². The molecule has 2 rings (SSSR count). The van der Waals surface area contributed by atoms with E-state index >= 15 is 0 Å². The molecular formula is C10H16N4O. The number of aromatic nitrogens is 2. The van der Waals surface area contributed by atoms with Crippen molar-refractivity contribution in [1.29, 1.82) is 0 Å². The zero-order valence-electron chi connectivity index (χ0n) is 8.86. The molecule has 2 heterocycles. The summed E-state index contributed by atoms with van der Waals surface area (Å²) in [7, 11) is 1.65. The van der Waals surface area contributed by atoms with Crippen LogP contribution in [0.25, 0.3) is 0 Å². The van der Waals surface area contributed by atoms with Crippen LogP contribution in [0.1, 0.15) is 18.0 Å². The number of rotatable bonds is 3. The van der Waals surface area contributed by atoms with Gasteiger partial charge in [0.15, 0.2) is 0 Å². The van der Waals surface area contributed by atoms with Gasteiger partial charge in [0.25, 0.3) is 0 Å². The summed E-state index contributed by atoms with van der Waals surface area (Å²) < 4.78 is 1.93. The number of likely N-dealkylation sites (N-methyl/N-ethyl adjacent to an activating group) is 1. The van der Waals surface area contributed by atoms with Crippen LogP contribution in [-0.2, 0) is 11.3 Å². The maximum atomic E-state index is 11.3. The highest BCUT2D eigenvalue weighted by atomic mass is 16.1. The van der Waals surface area contributed by atoms with Crippen molar-refractivity contribution in [3.05, 3.63) is 18.2 Å². The first-order valence-corrected chi connectivity index (χ1v) is 5.22. The van der Waals surface area contributed by atoms with Gasteiger partial charge in [-0.05, 0) is 13.0 Å². The number of nitrogens with zero attached hydrogens (tertiary/aromatic N) is 2. The monoisotopic (exact) mass is 208 g/mol. The predicted octanol–water partition coefficient (Wildman–Crippen LogP) is -0.294. The first kappa shape index (κ1) is 10.2. The summed E-state index contributed by atoms with van der Waals surface area (Å²) in [5.41, 5.74) is 1.16. The van der Waals surface area contributed by atoms with Crippen LogP contribution in [0.5, 0.6) is 0 Å². The molecule has 0 saturated carbocycles. The molecule has 1 saturated heterocycles. The molecule has 1 aromatic heterocycles. The average Bonchev–Trinajstić information content (AvgIpc) is 2.86. The minimum atomic E-state index is 0.0141. The number of hydrogen-bond acceptors (Lipinski definition) is 3. The second-order valence-corrected chi connectivity index (χ2v) is 3.81. The third kappa shape index (κ3) is 2.18. The fourth-order valence-corrected chi connectivity index (χ4v) is 1.94. The van der Waals surface area contributed by atoms with Gasteiger partial charge >= 0.3 is 0 Å². The molecule has 1 unspecified atom stereocenters. The van der Waals surface area contributed by atoms with Gasteiger partial charge < -0.3 is 15.2 Å². The predicted molar refractivity (Wildman–Crippen MR) is 56.5 cm³/mol. The maximum Gasteiger partial charge on any atom is 0.239 e. The lowest BCUT2D eigenvalue weighted by atomic mass is 10.1. The van der Waals surface area contributed by atoms with Crippen LogP contribution >= 0.6 is 0 Å². The number of imidazole rings is 1. The Balaban J connectivity index is 2.10. The Morgan fingerprint density at radius 1 is 1.80 bits per heavy atom. The van der Waals surface area contributed by atoms with Gasteiger partial charge in [-0.2, -0.15) is 0 Å². The maximum absolute atomic E-state index is 11.3. The second kappa shape index (κ2) is 4.44. The third-order valence-electron chi connectivity index (χ3n) is 2.82. The molecule has 0 aliphatic carbocycles. The summed E-state index contributed by atoms with van der Waals surface area (Å²) in [5.74, 6) is 0.511. The summed E-state index contributed by atoms with van der Waals surface area (Å²) >= 11 is 0. The normalized spacial score (nSPS) is 20.5. The zero-order valence-corrected chi connectivity index (χ0v) is 8.86. The number of hydrogen-bond donors (Lipinski definition) is 2. The average molecular weight is 208 g/mol. The Hall–Kier alpha value is -1.36. The molecule has 1 aliphatic heterocycles. The molecule has 82 valence electrons. The van der Waals surface area contributed by atoms with Gasteiger partial charge in [0.2, 0.25) is 5.91 Å². The van der Waals surface area contributed by atoms with Crippen molar-refractivity contribution >= 4 is 5.91 Å². The van der Waals surface area contributed by atoms with Crippen molar-refractivity contribution in [3.63, 3.8) is 0 Å². The molecular weight excluding hydrogens is 192 g/mol. The molecule has 5 nitrogen and oxygen atoms in total. The SMILES string of the molecule is CNC(=O)Cn1cncc1C1CCNC1. The highest BCUT2D eigenvalue weighted by Crippen LogP contribution is 2.21. The summed E-state index contributed by atoms with van der Waals surface area (Å²) in [6, 6.07) is 0. The van der Waals surface area contributed by atoms with E-state index in [0.29, 0.717) is 12.5 Å². The van der Waals surface area contributed by atoms with E-state index in [1.165, 1.54) is 0 Å². The summed E-state index contributed by atoms with van der Waals surface area (Å²) in [4.78, 5) is 15.4. The molecule has 2 N–H and O–H groups in total. The van der Waals surface area contributed by atoms with E-state index in [0.717, 1.165) is 25.2 Å². The molecule has 15 heavy (non-hydrogen) atoms. The quantitative estimate of drug-likeness (QED) is 0.717. The zero-order chi connectivity index (χ0) is 10.7. The lowest BCUT2D eigenvalue weighted by Crippen LogP contribution is -2.24. The van der Waals surface area contributed by atoms with Crippen LogP contribution in [0.15, 0.2) is 12.5 Å². The Kier molecular flexibility index (Phi) is 3.01. The third-order valence-corrected chi connectivity index (χ3v) is 2.82. The van der Waals surface area contributed by atoms with Crippen LogP contribution in [0.3, 0.4) is 0 Å². The number of nitrogens with one attached hydrogen (secondary N) is 2. The van der Waals surface area contributed by atoms with Gasteiger partial charge in [-0.25, -0.2) is 4.98 Å². The lowest BCUT2D eigenvalue weighted by molar-refractivity contribution is -0.121. The van der Waals surface area contributed by atoms with Crippen molar-refractivity contribution in [2.24, 2.45) is 0 Å². The molecule has 5 heteroatoms. The minimum Gasteiger partial charge on any atom is -0.358 e. The molecule has 0 spiro atoms. The molecule has 1 amide bonds. The van der Waals surface area contributed by atoms with Crippen molar-refractivity contribution in [2.45, 2.75) is 18.9 Å². The fourth-order valence-electron chi connectivity index (χ4n) is 1.94. The van der Waals surface area contributed by atoms with Gasteiger partial charge in [-0.3, -0.25) is 4.79 Å². The van der Waals surface area contributed by atoms with Crippen LogP contribution in [0.4, 0.5) is 0 Å². The van der Waals surface area contributed by atoms with E-state index in [2.05, 4.69) is 15.6 Å².